The Labute approximate surface area is 123 Å². The molecule has 0 saturated heterocycles. The fourth-order valence-corrected chi connectivity index (χ4v) is 2.22. The largest absolute Gasteiger partial charge is 0.493 e. The van der Waals surface area contributed by atoms with Gasteiger partial charge in [-0.3, -0.25) is 0 Å². The maximum absolute atomic E-state index is 10.3. The quantitative estimate of drug-likeness (QED) is 0.871. The van der Waals surface area contributed by atoms with Crippen molar-refractivity contribution in [3.63, 3.8) is 0 Å². The number of benzene rings is 1. The predicted molar refractivity (Wildman–Crippen MR) is 80.0 cm³/mol. The first-order chi connectivity index (χ1) is 8.78. The number of β-amino-alcohol motifs (C(OH)–C–C–N with tert-alkyl or cyclic N) is 1. The zero-order valence-electron chi connectivity index (χ0n) is 12.1. The molecule has 2 N–H and O–H groups in total. The van der Waals surface area contributed by atoms with Crippen LogP contribution in [0.25, 0.3) is 0 Å². The second-order valence-electron chi connectivity index (χ2n) is 5.38. The van der Waals surface area contributed by atoms with Crippen molar-refractivity contribution < 1.29 is 14.6 Å². The van der Waals surface area contributed by atoms with Gasteiger partial charge in [0, 0.05) is 16.6 Å². The lowest BCUT2D eigenvalue weighted by atomic mass is 10.1. The van der Waals surface area contributed by atoms with Crippen LogP contribution in [0.3, 0.4) is 0 Å². The standard InChI is InChI=1S/C14H22BrNO3/c1-14(2,3)16-8-11(17)9-6-12(18-4)13(19-5)7-10(9)15/h6-7,11,16-17H,8H2,1-5H3. The normalized spacial score (nSPS) is 13.2. The molecule has 0 aromatic heterocycles. The number of ether oxygens (including phenoxy) is 2. The molecule has 4 nitrogen and oxygen atoms in total. The first-order valence-electron chi connectivity index (χ1n) is 6.13. The first-order valence-corrected chi connectivity index (χ1v) is 6.92. The van der Waals surface area contributed by atoms with Gasteiger partial charge in [-0.15, -0.1) is 0 Å². The molecule has 0 aliphatic heterocycles. The SMILES string of the molecule is COc1cc(Br)c(C(O)CNC(C)(C)C)cc1OC. The number of halogens is 1. The number of hydrogen-bond donors (Lipinski definition) is 2. The molecule has 0 amide bonds. The smallest absolute Gasteiger partial charge is 0.161 e. The number of hydrogen-bond acceptors (Lipinski definition) is 4. The minimum atomic E-state index is -0.617. The van der Waals surface area contributed by atoms with E-state index in [9.17, 15) is 5.11 Å². The Kier molecular flexibility index (Phi) is 5.64. The molecule has 1 aromatic rings. The summed E-state index contributed by atoms with van der Waals surface area (Å²) in [6.07, 6.45) is -0.617. The van der Waals surface area contributed by atoms with Gasteiger partial charge < -0.3 is 19.9 Å². The third kappa shape index (κ3) is 4.67. The van der Waals surface area contributed by atoms with Crippen LogP contribution in [0.2, 0.25) is 0 Å². The molecule has 1 rings (SSSR count). The summed E-state index contributed by atoms with van der Waals surface area (Å²) in [7, 11) is 3.16. The second kappa shape index (κ2) is 6.59. The summed E-state index contributed by atoms with van der Waals surface area (Å²) in [6, 6.07) is 3.59. The number of rotatable bonds is 5. The summed E-state index contributed by atoms with van der Waals surface area (Å²) in [5.74, 6) is 1.24. The Balaban J connectivity index is 2.93. The Bertz CT molecular complexity index is 429. The molecule has 108 valence electrons. The number of methoxy groups -OCH3 is 2. The highest BCUT2D eigenvalue weighted by Gasteiger charge is 2.18. The molecule has 0 bridgehead atoms. The molecule has 1 unspecified atom stereocenters. The molecule has 0 radical (unpaired) electrons. The highest BCUT2D eigenvalue weighted by atomic mass is 79.9. The number of aliphatic hydroxyl groups is 1. The van der Waals surface area contributed by atoms with Crippen molar-refractivity contribution in [3.05, 3.63) is 22.2 Å². The zero-order valence-corrected chi connectivity index (χ0v) is 13.7. The van der Waals surface area contributed by atoms with Crippen LogP contribution in [0.1, 0.15) is 32.4 Å². The summed E-state index contributed by atoms with van der Waals surface area (Å²) >= 11 is 3.45. The number of nitrogens with one attached hydrogen (secondary N) is 1. The third-order valence-electron chi connectivity index (χ3n) is 2.69. The number of aliphatic hydroxyl groups excluding tert-OH is 1. The predicted octanol–water partition coefficient (Wildman–Crippen LogP) is 2.89. The highest BCUT2D eigenvalue weighted by Crippen LogP contribution is 2.35. The summed E-state index contributed by atoms with van der Waals surface area (Å²) in [5, 5.41) is 13.5. The third-order valence-corrected chi connectivity index (χ3v) is 3.37. The molecular formula is C14H22BrNO3. The van der Waals surface area contributed by atoms with E-state index in [0.717, 1.165) is 10.0 Å². The summed E-state index contributed by atoms with van der Waals surface area (Å²) in [5.41, 5.74) is 0.735. The highest BCUT2D eigenvalue weighted by molar-refractivity contribution is 9.10. The van der Waals surface area contributed by atoms with E-state index in [1.54, 1.807) is 26.4 Å². The fourth-order valence-electron chi connectivity index (χ4n) is 1.64. The van der Waals surface area contributed by atoms with Gasteiger partial charge >= 0.3 is 0 Å². The van der Waals surface area contributed by atoms with E-state index >= 15 is 0 Å². The summed E-state index contributed by atoms with van der Waals surface area (Å²) in [6.45, 7) is 6.65. The van der Waals surface area contributed by atoms with Gasteiger partial charge in [-0.1, -0.05) is 15.9 Å². The molecule has 0 spiro atoms. The van der Waals surface area contributed by atoms with Gasteiger partial charge in [-0.2, -0.15) is 0 Å². The van der Waals surface area contributed by atoms with Gasteiger partial charge in [0.2, 0.25) is 0 Å². The van der Waals surface area contributed by atoms with Crippen LogP contribution in [0.4, 0.5) is 0 Å². The Hall–Kier alpha value is -0.780. The molecule has 0 aliphatic rings. The average Bonchev–Trinajstić information content (AvgIpc) is 2.34. The first kappa shape index (κ1) is 16.3. The molecule has 0 heterocycles. The van der Waals surface area contributed by atoms with Crippen molar-refractivity contribution in [2.75, 3.05) is 20.8 Å². The maximum Gasteiger partial charge on any atom is 0.161 e. The molecule has 0 saturated carbocycles. The molecule has 0 fully saturated rings. The topological polar surface area (TPSA) is 50.7 Å². The van der Waals surface area contributed by atoms with E-state index in [4.69, 9.17) is 9.47 Å². The lowest BCUT2D eigenvalue weighted by Gasteiger charge is -2.24. The molecule has 5 heteroatoms. The van der Waals surface area contributed by atoms with Crippen molar-refractivity contribution in [2.45, 2.75) is 32.4 Å². The van der Waals surface area contributed by atoms with Gasteiger partial charge in [0.15, 0.2) is 11.5 Å². The molecule has 1 aromatic carbocycles. The van der Waals surface area contributed by atoms with E-state index in [1.165, 1.54) is 0 Å². The van der Waals surface area contributed by atoms with Crippen LogP contribution in [0.5, 0.6) is 11.5 Å². The minimum absolute atomic E-state index is 0.0377. The van der Waals surface area contributed by atoms with Crippen LogP contribution in [-0.4, -0.2) is 31.4 Å². The minimum Gasteiger partial charge on any atom is -0.493 e. The van der Waals surface area contributed by atoms with E-state index in [1.807, 2.05) is 0 Å². The molecular weight excluding hydrogens is 310 g/mol. The lowest BCUT2D eigenvalue weighted by molar-refractivity contribution is 0.162. The van der Waals surface area contributed by atoms with E-state index < -0.39 is 6.10 Å². The van der Waals surface area contributed by atoms with E-state index in [0.29, 0.717) is 18.0 Å². The van der Waals surface area contributed by atoms with E-state index in [-0.39, 0.29) is 5.54 Å². The summed E-state index contributed by atoms with van der Waals surface area (Å²) < 4.78 is 11.3. The Morgan fingerprint density at radius 2 is 1.74 bits per heavy atom. The Morgan fingerprint density at radius 3 is 2.21 bits per heavy atom. The second-order valence-corrected chi connectivity index (χ2v) is 6.23. The average molecular weight is 332 g/mol. The monoisotopic (exact) mass is 331 g/mol. The van der Waals surface area contributed by atoms with Gasteiger partial charge in [-0.25, -0.2) is 0 Å². The van der Waals surface area contributed by atoms with Gasteiger partial charge in [0.1, 0.15) is 0 Å². The van der Waals surface area contributed by atoms with Gasteiger partial charge in [0.05, 0.1) is 20.3 Å². The Morgan fingerprint density at radius 1 is 1.21 bits per heavy atom. The van der Waals surface area contributed by atoms with Crippen molar-refractivity contribution in [1.29, 1.82) is 0 Å². The molecule has 1 atom stereocenters. The van der Waals surface area contributed by atoms with Crippen LogP contribution >= 0.6 is 15.9 Å². The van der Waals surface area contributed by atoms with Crippen molar-refractivity contribution in [3.8, 4) is 11.5 Å². The van der Waals surface area contributed by atoms with Crippen LogP contribution in [0, 0.1) is 0 Å². The van der Waals surface area contributed by atoms with E-state index in [2.05, 4.69) is 42.0 Å². The zero-order chi connectivity index (χ0) is 14.6. The maximum atomic E-state index is 10.3. The van der Waals surface area contributed by atoms with Crippen molar-refractivity contribution >= 4 is 15.9 Å². The van der Waals surface area contributed by atoms with Gasteiger partial charge in [-0.05, 0) is 38.5 Å². The molecule has 0 aliphatic carbocycles. The van der Waals surface area contributed by atoms with Crippen molar-refractivity contribution in [2.24, 2.45) is 0 Å². The molecule has 19 heavy (non-hydrogen) atoms. The van der Waals surface area contributed by atoms with Crippen LogP contribution in [-0.2, 0) is 0 Å². The van der Waals surface area contributed by atoms with Gasteiger partial charge in [0.25, 0.3) is 0 Å². The van der Waals surface area contributed by atoms with Crippen LogP contribution in [0.15, 0.2) is 16.6 Å². The fraction of sp³-hybridized carbons (Fsp3) is 0.571. The van der Waals surface area contributed by atoms with Crippen molar-refractivity contribution in [1.82, 2.24) is 5.32 Å². The summed E-state index contributed by atoms with van der Waals surface area (Å²) in [4.78, 5) is 0. The lowest BCUT2D eigenvalue weighted by Crippen LogP contribution is -2.38. The van der Waals surface area contributed by atoms with Crippen LogP contribution < -0.4 is 14.8 Å².